The first kappa shape index (κ1) is 17.2. The highest BCUT2D eigenvalue weighted by Crippen LogP contribution is 2.30. The first-order chi connectivity index (χ1) is 11.6. The zero-order chi connectivity index (χ0) is 17.1. The molecule has 0 amide bonds. The molecule has 1 aromatic carbocycles. The van der Waals surface area contributed by atoms with Gasteiger partial charge in [-0.1, -0.05) is 0 Å². The third-order valence-electron chi connectivity index (χ3n) is 4.85. The number of ether oxygens (including phenoxy) is 1. The van der Waals surface area contributed by atoms with Crippen LogP contribution in [0.4, 0.5) is 0 Å². The standard InChI is InChI=1S/C17H26N4O3/c1-10(24-19)15-4-2-11-6-12(3-5-16(11)23-15)17(18)21-13-7-14(9-22)20-8-13/h3,5-6,10,13-15,20,22H,2,4,7-9,19H2,1H3,(H2,18,21)/t10-,13+,14-,15+/m0/s1. The Hall–Kier alpha value is -1.67. The van der Waals surface area contributed by atoms with Crippen molar-refractivity contribution < 1.29 is 14.7 Å². The Kier molecular flexibility index (Phi) is 5.35. The minimum absolute atomic E-state index is 0.0362. The van der Waals surface area contributed by atoms with Gasteiger partial charge in [-0.3, -0.25) is 10.2 Å². The Morgan fingerprint density at radius 1 is 1.58 bits per heavy atom. The van der Waals surface area contributed by atoms with E-state index in [0.29, 0.717) is 5.84 Å². The van der Waals surface area contributed by atoms with Crippen molar-refractivity contribution in [3.05, 3.63) is 29.3 Å². The van der Waals surface area contributed by atoms with Crippen LogP contribution < -0.4 is 21.3 Å². The van der Waals surface area contributed by atoms with E-state index in [1.807, 2.05) is 25.1 Å². The molecule has 2 aliphatic heterocycles. The number of aryl methyl sites for hydroxylation is 1. The van der Waals surface area contributed by atoms with Gasteiger partial charge in [-0.15, -0.1) is 0 Å². The summed E-state index contributed by atoms with van der Waals surface area (Å²) in [6.45, 7) is 2.80. The summed E-state index contributed by atoms with van der Waals surface area (Å²) in [4.78, 5) is 4.87. The molecule has 4 atom stereocenters. The van der Waals surface area contributed by atoms with Gasteiger partial charge in [0.15, 0.2) is 0 Å². The highest BCUT2D eigenvalue weighted by Gasteiger charge is 2.27. The van der Waals surface area contributed by atoms with E-state index in [1.54, 1.807) is 0 Å². The first-order valence-electron chi connectivity index (χ1n) is 8.45. The molecule has 0 saturated carbocycles. The van der Waals surface area contributed by atoms with Gasteiger partial charge in [0, 0.05) is 24.2 Å². The Labute approximate surface area is 142 Å². The summed E-state index contributed by atoms with van der Waals surface area (Å²) >= 11 is 0. The molecule has 24 heavy (non-hydrogen) atoms. The van der Waals surface area contributed by atoms with Gasteiger partial charge in [-0.05, 0) is 49.9 Å². The van der Waals surface area contributed by atoms with E-state index in [1.165, 1.54) is 0 Å². The maximum atomic E-state index is 9.17. The summed E-state index contributed by atoms with van der Waals surface area (Å²) in [6.07, 6.45) is 2.37. The van der Waals surface area contributed by atoms with Crippen LogP contribution in [0.2, 0.25) is 0 Å². The molecule has 0 spiro atoms. The van der Waals surface area contributed by atoms with Crippen molar-refractivity contribution in [2.75, 3.05) is 13.2 Å². The fourth-order valence-corrected chi connectivity index (χ4v) is 3.34. The van der Waals surface area contributed by atoms with Crippen molar-refractivity contribution in [3.8, 4) is 5.75 Å². The molecule has 3 rings (SSSR count). The molecule has 0 unspecified atom stereocenters. The summed E-state index contributed by atoms with van der Waals surface area (Å²) in [6, 6.07) is 6.13. The maximum Gasteiger partial charge on any atom is 0.127 e. The van der Waals surface area contributed by atoms with E-state index < -0.39 is 0 Å². The molecular weight excluding hydrogens is 308 g/mol. The number of aliphatic hydroxyl groups is 1. The molecule has 7 heteroatoms. The minimum Gasteiger partial charge on any atom is -0.487 e. The lowest BCUT2D eigenvalue weighted by Gasteiger charge is -2.29. The van der Waals surface area contributed by atoms with E-state index in [0.717, 1.165) is 42.7 Å². The molecule has 0 aliphatic carbocycles. The Balaban J connectivity index is 1.63. The lowest BCUT2D eigenvalue weighted by atomic mass is 9.97. The smallest absolute Gasteiger partial charge is 0.127 e. The second-order valence-corrected chi connectivity index (χ2v) is 6.60. The highest BCUT2D eigenvalue weighted by molar-refractivity contribution is 5.97. The molecule has 1 fully saturated rings. The number of nitrogens with one attached hydrogen (secondary N) is 3. The predicted octanol–water partition coefficient (Wildman–Crippen LogP) is 0.297. The lowest BCUT2D eigenvalue weighted by molar-refractivity contribution is -0.0238. The molecule has 0 aromatic heterocycles. The number of nitrogens with two attached hydrogens (primary N) is 1. The van der Waals surface area contributed by atoms with Crippen LogP contribution in [0.3, 0.4) is 0 Å². The normalized spacial score (nSPS) is 27.2. The fraction of sp³-hybridized carbons (Fsp3) is 0.588. The zero-order valence-corrected chi connectivity index (χ0v) is 13.9. The number of hydrogen-bond donors (Lipinski definition) is 5. The number of rotatable bonds is 5. The van der Waals surface area contributed by atoms with E-state index in [-0.39, 0.29) is 30.9 Å². The van der Waals surface area contributed by atoms with Crippen LogP contribution in [0.25, 0.3) is 0 Å². The first-order valence-corrected chi connectivity index (χ1v) is 8.45. The third kappa shape index (κ3) is 3.70. The van der Waals surface area contributed by atoms with Crippen LogP contribution in [0.5, 0.6) is 5.75 Å². The van der Waals surface area contributed by atoms with Gasteiger partial charge in [0.05, 0.1) is 6.61 Å². The van der Waals surface area contributed by atoms with Crippen LogP contribution in [-0.4, -0.2) is 48.4 Å². The molecule has 2 heterocycles. The Bertz CT molecular complexity index is 595. The molecule has 0 bridgehead atoms. The molecule has 0 radical (unpaired) electrons. The van der Waals surface area contributed by atoms with Crippen molar-refractivity contribution in [1.29, 1.82) is 5.41 Å². The van der Waals surface area contributed by atoms with Crippen LogP contribution in [0.15, 0.2) is 18.2 Å². The summed E-state index contributed by atoms with van der Waals surface area (Å²) in [7, 11) is 0. The zero-order valence-electron chi connectivity index (χ0n) is 13.9. The number of benzene rings is 1. The van der Waals surface area contributed by atoms with Gasteiger partial charge in [0.1, 0.15) is 23.8 Å². The van der Waals surface area contributed by atoms with Crippen LogP contribution in [-0.2, 0) is 11.3 Å². The molecule has 132 valence electrons. The average molecular weight is 334 g/mol. The predicted molar refractivity (Wildman–Crippen MR) is 91.2 cm³/mol. The number of fused-ring (bicyclic) bond motifs is 1. The van der Waals surface area contributed by atoms with Gasteiger partial charge >= 0.3 is 0 Å². The Morgan fingerprint density at radius 2 is 2.42 bits per heavy atom. The van der Waals surface area contributed by atoms with Gasteiger partial charge in [0.2, 0.25) is 0 Å². The van der Waals surface area contributed by atoms with Crippen LogP contribution >= 0.6 is 0 Å². The lowest BCUT2D eigenvalue weighted by Crippen LogP contribution is -2.37. The molecule has 6 N–H and O–H groups in total. The summed E-state index contributed by atoms with van der Waals surface area (Å²) in [5.41, 5.74) is 1.96. The summed E-state index contributed by atoms with van der Waals surface area (Å²) < 4.78 is 5.95. The van der Waals surface area contributed by atoms with Gasteiger partial charge < -0.3 is 20.5 Å². The minimum atomic E-state index is -0.146. The van der Waals surface area contributed by atoms with E-state index in [2.05, 4.69) is 10.6 Å². The van der Waals surface area contributed by atoms with Gasteiger partial charge in [-0.2, -0.15) is 0 Å². The average Bonchev–Trinajstić information content (AvgIpc) is 3.07. The number of amidine groups is 1. The second kappa shape index (κ2) is 7.48. The van der Waals surface area contributed by atoms with Crippen LogP contribution in [0.1, 0.15) is 30.9 Å². The van der Waals surface area contributed by atoms with Crippen molar-refractivity contribution >= 4 is 5.84 Å². The largest absolute Gasteiger partial charge is 0.487 e. The fourth-order valence-electron chi connectivity index (χ4n) is 3.34. The van der Waals surface area contributed by atoms with E-state index >= 15 is 0 Å². The second-order valence-electron chi connectivity index (χ2n) is 6.60. The topological polar surface area (TPSA) is 113 Å². The molecular formula is C17H26N4O3. The van der Waals surface area contributed by atoms with Crippen molar-refractivity contribution in [3.63, 3.8) is 0 Å². The van der Waals surface area contributed by atoms with Gasteiger partial charge in [0.25, 0.3) is 0 Å². The SMILES string of the molecule is C[C@H](ON)[C@H]1CCc2cc(C(=N)N[C@H]3CN[C@H](CO)C3)ccc2O1. The van der Waals surface area contributed by atoms with Crippen molar-refractivity contribution in [2.45, 2.75) is 50.5 Å². The monoisotopic (exact) mass is 334 g/mol. The maximum absolute atomic E-state index is 9.17. The van der Waals surface area contributed by atoms with E-state index in [9.17, 15) is 5.11 Å². The third-order valence-corrected chi connectivity index (χ3v) is 4.85. The highest BCUT2D eigenvalue weighted by atomic mass is 16.6. The van der Waals surface area contributed by atoms with Crippen molar-refractivity contribution in [1.82, 2.24) is 10.6 Å². The van der Waals surface area contributed by atoms with E-state index in [4.69, 9.17) is 20.9 Å². The molecule has 7 nitrogen and oxygen atoms in total. The molecule has 1 saturated heterocycles. The van der Waals surface area contributed by atoms with Crippen molar-refractivity contribution in [2.24, 2.45) is 5.90 Å². The Morgan fingerprint density at radius 3 is 3.12 bits per heavy atom. The number of aliphatic hydroxyl groups excluding tert-OH is 1. The summed E-state index contributed by atoms with van der Waals surface area (Å²) in [5.74, 6) is 6.50. The molecule has 2 aliphatic rings. The van der Waals surface area contributed by atoms with Gasteiger partial charge in [-0.25, -0.2) is 5.90 Å². The number of hydrogen-bond acceptors (Lipinski definition) is 6. The quantitative estimate of drug-likeness (QED) is 0.301. The molecule has 1 aromatic rings. The summed E-state index contributed by atoms with van der Waals surface area (Å²) in [5, 5.41) is 23.9. The van der Waals surface area contributed by atoms with Crippen LogP contribution in [0, 0.1) is 5.41 Å².